The summed E-state index contributed by atoms with van der Waals surface area (Å²) in [4.78, 5) is 0. The van der Waals surface area contributed by atoms with Crippen LogP contribution in [-0.2, 0) is 0 Å². The summed E-state index contributed by atoms with van der Waals surface area (Å²) in [6.45, 7) is -0.0516. The lowest BCUT2D eigenvalue weighted by Gasteiger charge is -2.12. The standard InChI is InChI=1S/C10H10BrClF3NO/c11-7-4-6(12)5-8(16)9(7)17-3-1-2-10(13,14)15/h4-5H,1-3,16H2. The molecule has 2 nitrogen and oxygen atoms in total. The zero-order chi connectivity index (χ0) is 13.1. The number of nitrogens with two attached hydrogens (primary N) is 1. The molecule has 0 spiro atoms. The molecule has 1 aromatic carbocycles. The predicted octanol–water partition coefficient (Wildman–Crippen LogP) is 4.41. The Kier molecular flexibility index (Phi) is 4.94. The van der Waals surface area contributed by atoms with Crippen molar-refractivity contribution < 1.29 is 17.9 Å². The molecule has 1 rings (SSSR count). The SMILES string of the molecule is Nc1cc(Cl)cc(Br)c1OCCCC(F)(F)F. The molecular weight excluding hydrogens is 322 g/mol. The molecule has 0 amide bonds. The maximum absolute atomic E-state index is 11.9. The molecule has 0 aliphatic heterocycles. The van der Waals surface area contributed by atoms with E-state index in [1.165, 1.54) is 6.07 Å². The van der Waals surface area contributed by atoms with Gasteiger partial charge in [-0.05, 0) is 34.5 Å². The molecule has 0 aromatic heterocycles. The third-order valence-corrected chi connectivity index (χ3v) is 2.70. The number of hydrogen-bond donors (Lipinski definition) is 1. The van der Waals surface area contributed by atoms with Gasteiger partial charge in [-0.15, -0.1) is 0 Å². The second-order valence-corrected chi connectivity index (χ2v) is 4.66. The van der Waals surface area contributed by atoms with E-state index in [4.69, 9.17) is 22.1 Å². The normalized spacial score (nSPS) is 11.6. The van der Waals surface area contributed by atoms with Gasteiger partial charge in [0, 0.05) is 11.4 Å². The third kappa shape index (κ3) is 5.04. The zero-order valence-electron chi connectivity index (χ0n) is 8.65. The molecule has 0 unspecified atom stereocenters. The van der Waals surface area contributed by atoms with Crippen LogP contribution < -0.4 is 10.5 Å². The van der Waals surface area contributed by atoms with Crippen LogP contribution in [0.1, 0.15) is 12.8 Å². The van der Waals surface area contributed by atoms with Crippen LogP contribution in [0.25, 0.3) is 0 Å². The fourth-order valence-electron chi connectivity index (χ4n) is 1.18. The number of anilines is 1. The molecule has 17 heavy (non-hydrogen) atoms. The van der Waals surface area contributed by atoms with E-state index in [0.717, 1.165) is 0 Å². The van der Waals surface area contributed by atoms with E-state index in [-0.39, 0.29) is 18.7 Å². The number of ether oxygens (including phenoxy) is 1. The predicted molar refractivity (Wildman–Crippen MR) is 64.3 cm³/mol. The molecule has 0 radical (unpaired) electrons. The highest BCUT2D eigenvalue weighted by Gasteiger charge is 2.26. The van der Waals surface area contributed by atoms with Crippen LogP contribution in [0.15, 0.2) is 16.6 Å². The quantitative estimate of drug-likeness (QED) is 0.655. The first-order valence-electron chi connectivity index (χ1n) is 4.73. The average molecular weight is 333 g/mol. The average Bonchev–Trinajstić information content (AvgIpc) is 2.13. The van der Waals surface area contributed by atoms with Gasteiger partial charge >= 0.3 is 6.18 Å². The highest BCUT2D eigenvalue weighted by atomic mass is 79.9. The van der Waals surface area contributed by atoms with Crippen LogP contribution in [0.5, 0.6) is 5.75 Å². The van der Waals surface area contributed by atoms with E-state index in [1.807, 2.05) is 0 Å². The smallest absolute Gasteiger partial charge is 0.389 e. The van der Waals surface area contributed by atoms with E-state index in [0.29, 0.717) is 15.2 Å². The Balaban J connectivity index is 2.53. The highest BCUT2D eigenvalue weighted by molar-refractivity contribution is 9.10. The van der Waals surface area contributed by atoms with Crippen molar-refractivity contribution in [2.45, 2.75) is 19.0 Å². The Hall–Kier alpha value is -0.620. The summed E-state index contributed by atoms with van der Waals surface area (Å²) in [5.41, 5.74) is 5.92. The van der Waals surface area contributed by atoms with Crippen molar-refractivity contribution in [3.05, 3.63) is 21.6 Å². The zero-order valence-corrected chi connectivity index (χ0v) is 11.0. The van der Waals surface area contributed by atoms with Crippen LogP contribution in [-0.4, -0.2) is 12.8 Å². The van der Waals surface area contributed by atoms with E-state index < -0.39 is 12.6 Å². The Labute approximate surface area is 110 Å². The summed E-state index contributed by atoms with van der Waals surface area (Å²) >= 11 is 8.91. The molecule has 0 bridgehead atoms. The minimum absolute atomic E-state index is 0.0516. The maximum atomic E-state index is 11.9. The molecule has 96 valence electrons. The van der Waals surface area contributed by atoms with E-state index in [2.05, 4.69) is 15.9 Å². The lowest BCUT2D eigenvalue weighted by molar-refractivity contribution is -0.136. The van der Waals surface area contributed by atoms with Gasteiger partial charge in [-0.25, -0.2) is 0 Å². The molecule has 0 fully saturated rings. The van der Waals surface area contributed by atoms with Crippen molar-refractivity contribution in [2.75, 3.05) is 12.3 Å². The Bertz CT molecular complexity index is 375. The lowest BCUT2D eigenvalue weighted by atomic mass is 10.3. The summed E-state index contributed by atoms with van der Waals surface area (Å²) < 4.78 is 41.4. The van der Waals surface area contributed by atoms with E-state index >= 15 is 0 Å². The van der Waals surface area contributed by atoms with Crippen LogP contribution >= 0.6 is 27.5 Å². The van der Waals surface area contributed by atoms with E-state index in [9.17, 15) is 13.2 Å². The number of nitrogen functional groups attached to an aromatic ring is 1. The lowest BCUT2D eigenvalue weighted by Crippen LogP contribution is -2.10. The molecule has 0 saturated heterocycles. The van der Waals surface area contributed by atoms with Gasteiger partial charge in [0.15, 0.2) is 5.75 Å². The second-order valence-electron chi connectivity index (χ2n) is 3.37. The first kappa shape index (κ1) is 14.4. The van der Waals surface area contributed by atoms with Gasteiger partial charge < -0.3 is 10.5 Å². The summed E-state index contributed by atoms with van der Waals surface area (Å²) in [5.74, 6) is 0.316. The number of rotatable bonds is 4. The van der Waals surface area contributed by atoms with Crippen LogP contribution in [0.2, 0.25) is 5.02 Å². The number of alkyl halides is 3. The molecule has 0 aliphatic rings. The van der Waals surface area contributed by atoms with Crippen LogP contribution in [0.4, 0.5) is 18.9 Å². The first-order valence-corrected chi connectivity index (χ1v) is 5.91. The van der Waals surface area contributed by atoms with Crippen molar-refractivity contribution in [1.29, 1.82) is 0 Å². The summed E-state index contributed by atoms with van der Waals surface area (Å²) in [6.07, 6.45) is -5.15. The van der Waals surface area contributed by atoms with Gasteiger partial charge in [-0.2, -0.15) is 13.2 Å². The molecule has 1 aromatic rings. The largest absolute Gasteiger partial charge is 0.490 e. The Morgan fingerprint density at radius 1 is 1.35 bits per heavy atom. The Morgan fingerprint density at radius 3 is 2.53 bits per heavy atom. The molecule has 2 N–H and O–H groups in total. The summed E-state index contributed by atoms with van der Waals surface area (Å²) in [6, 6.07) is 3.04. The van der Waals surface area contributed by atoms with Crippen molar-refractivity contribution in [1.82, 2.24) is 0 Å². The molecule has 0 heterocycles. The minimum Gasteiger partial charge on any atom is -0.490 e. The van der Waals surface area contributed by atoms with Crippen LogP contribution in [0.3, 0.4) is 0 Å². The maximum Gasteiger partial charge on any atom is 0.389 e. The van der Waals surface area contributed by atoms with Gasteiger partial charge in [0.2, 0.25) is 0 Å². The minimum atomic E-state index is -4.16. The molecule has 0 atom stereocenters. The molecule has 0 aliphatic carbocycles. The second kappa shape index (κ2) is 5.82. The molecule has 7 heteroatoms. The van der Waals surface area contributed by atoms with Crippen molar-refractivity contribution >= 4 is 33.2 Å². The van der Waals surface area contributed by atoms with E-state index in [1.54, 1.807) is 6.07 Å². The molecule has 0 saturated carbocycles. The topological polar surface area (TPSA) is 35.2 Å². The highest BCUT2D eigenvalue weighted by Crippen LogP contribution is 2.34. The third-order valence-electron chi connectivity index (χ3n) is 1.89. The van der Waals surface area contributed by atoms with Gasteiger partial charge in [-0.3, -0.25) is 0 Å². The summed E-state index contributed by atoms with van der Waals surface area (Å²) in [7, 11) is 0. The van der Waals surface area contributed by atoms with Gasteiger partial charge in [-0.1, -0.05) is 11.6 Å². The van der Waals surface area contributed by atoms with Crippen LogP contribution in [0, 0.1) is 0 Å². The van der Waals surface area contributed by atoms with Crippen molar-refractivity contribution in [3.63, 3.8) is 0 Å². The number of hydrogen-bond acceptors (Lipinski definition) is 2. The first-order chi connectivity index (χ1) is 7.79. The summed E-state index contributed by atoms with van der Waals surface area (Å²) in [5, 5.41) is 0.428. The van der Waals surface area contributed by atoms with Gasteiger partial charge in [0.05, 0.1) is 16.8 Å². The Morgan fingerprint density at radius 2 is 2.00 bits per heavy atom. The monoisotopic (exact) mass is 331 g/mol. The van der Waals surface area contributed by atoms with Gasteiger partial charge in [0.1, 0.15) is 0 Å². The number of benzene rings is 1. The fourth-order valence-corrected chi connectivity index (χ4v) is 2.13. The number of halogens is 5. The fraction of sp³-hybridized carbons (Fsp3) is 0.400. The van der Waals surface area contributed by atoms with Crippen molar-refractivity contribution in [3.8, 4) is 5.75 Å². The van der Waals surface area contributed by atoms with Gasteiger partial charge in [0.25, 0.3) is 0 Å². The molecular formula is C10H10BrClF3NO. The van der Waals surface area contributed by atoms with Crippen molar-refractivity contribution in [2.24, 2.45) is 0 Å².